The van der Waals surface area contributed by atoms with Crippen LogP contribution in [-0.4, -0.2) is 45.6 Å². The van der Waals surface area contributed by atoms with Crippen LogP contribution in [0, 0.1) is 0 Å². The molecule has 0 saturated carbocycles. The number of morpholine rings is 1. The molecule has 6 heteroatoms. The van der Waals surface area contributed by atoms with Crippen molar-refractivity contribution >= 4 is 10.2 Å². The van der Waals surface area contributed by atoms with Crippen LogP contribution in [-0.2, 0) is 14.9 Å². The molecule has 134 valence electrons. The maximum atomic E-state index is 12.4. The largest absolute Gasteiger partial charge is 0.379 e. The van der Waals surface area contributed by atoms with E-state index in [0.29, 0.717) is 39.3 Å². The molecule has 0 bridgehead atoms. The molecule has 2 aromatic rings. The lowest BCUT2D eigenvalue weighted by atomic mass is 9.89. The Morgan fingerprint density at radius 3 is 1.96 bits per heavy atom. The fourth-order valence-corrected chi connectivity index (χ4v) is 4.30. The second kappa shape index (κ2) is 8.58. The first kappa shape index (κ1) is 18.1. The SMILES string of the molecule is O=S(=O)(NCCC(c1ccccc1)c1ccccc1)N1CCOCC1. The van der Waals surface area contributed by atoms with Gasteiger partial charge in [-0.1, -0.05) is 60.7 Å². The number of hydrogen-bond acceptors (Lipinski definition) is 3. The molecule has 5 nitrogen and oxygen atoms in total. The molecule has 0 amide bonds. The van der Waals surface area contributed by atoms with Crippen LogP contribution in [0.25, 0.3) is 0 Å². The van der Waals surface area contributed by atoms with Crippen LogP contribution in [0.3, 0.4) is 0 Å². The molecule has 1 aliphatic rings. The van der Waals surface area contributed by atoms with Crippen LogP contribution in [0.4, 0.5) is 0 Å². The third-order valence-corrected chi connectivity index (χ3v) is 6.05. The van der Waals surface area contributed by atoms with Crippen molar-refractivity contribution < 1.29 is 13.2 Å². The minimum Gasteiger partial charge on any atom is -0.379 e. The smallest absolute Gasteiger partial charge is 0.279 e. The van der Waals surface area contributed by atoms with Crippen molar-refractivity contribution in [3.8, 4) is 0 Å². The lowest BCUT2D eigenvalue weighted by Crippen LogP contribution is -2.46. The topological polar surface area (TPSA) is 58.6 Å². The Bertz CT molecular complexity index is 705. The number of nitrogens with zero attached hydrogens (tertiary/aromatic N) is 1. The van der Waals surface area contributed by atoms with Crippen LogP contribution >= 0.6 is 0 Å². The van der Waals surface area contributed by atoms with Crippen molar-refractivity contribution in [2.75, 3.05) is 32.8 Å². The molecule has 25 heavy (non-hydrogen) atoms. The molecular weight excluding hydrogens is 336 g/mol. The van der Waals surface area contributed by atoms with E-state index in [2.05, 4.69) is 29.0 Å². The zero-order valence-electron chi connectivity index (χ0n) is 14.2. The molecule has 0 aromatic heterocycles. The highest BCUT2D eigenvalue weighted by atomic mass is 32.2. The van der Waals surface area contributed by atoms with Gasteiger partial charge < -0.3 is 4.74 Å². The Labute approximate surface area is 149 Å². The normalized spacial score (nSPS) is 16.2. The third-order valence-electron chi connectivity index (χ3n) is 4.43. The van der Waals surface area contributed by atoms with Crippen LogP contribution < -0.4 is 4.72 Å². The van der Waals surface area contributed by atoms with Gasteiger partial charge in [0.2, 0.25) is 0 Å². The van der Waals surface area contributed by atoms with Crippen LogP contribution in [0.15, 0.2) is 60.7 Å². The van der Waals surface area contributed by atoms with E-state index >= 15 is 0 Å². The zero-order chi connectivity index (χ0) is 17.5. The monoisotopic (exact) mass is 360 g/mol. The van der Waals surface area contributed by atoms with E-state index in [0.717, 1.165) is 0 Å². The lowest BCUT2D eigenvalue weighted by Gasteiger charge is -2.26. The van der Waals surface area contributed by atoms with E-state index in [1.807, 2.05) is 36.4 Å². The highest BCUT2D eigenvalue weighted by Crippen LogP contribution is 2.27. The van der Waals surface area contributed by atoms with Gasteiger partial charge in [-0.05, 0) is 17.5 Å². The first-order valence-electron chi connectivity index (χ1n) is 8.59. The highest BCUT2D eigenvalue weighted by molar-refractivity contribution is 7.87. The maximum absolute atomic E-state index is 12.4. The van der Waals surface area contributed by atoms with Crippen molar-refractivity contribution in [1.82, 2.24) is 9.03 Å². The Hall–Kier alpha value is -1.73. The average Bonchev–Trinajstić information content (AvgIpc) is 2.67. The van der Waals surface area contributed by atoms with Crippen LogP contribution in [0.2, 0.25) is 0 Å². The van der Waals surface area contributed by atoms with Gasteiger partial charge in [-0.25, -0.2) is 4.72 Å². The summed E-state index contributed by atoms with van der Waals surface area (Å²) < 4.78 is 34.2. The first-order chi connectivity index (χ1) is 12.2. The van der Waals surface area contributed by atoms with Crippen molar-refractivity contribution in [3.05, 3.63) is 71.8 Å². The van der Waals surface area contributed by atoms with E-state index in [1.54, 1.807) is 0 Å². The van der Waals surface area contributed by atoms with E-state index in [1.165, 1.54) is 15.4 Å². The summed E-state index contributed by atoms with van der Waals surface area (Å²) in [5.74, 6) is 0.162. The average molecular weight is 360 g/mol. The molecule has 0 atom stereocenters. The second-order valence-electron chi connectivity index (χ2n) is 6.07. The molecule has 1 aliphatic heterocycles. The quantitative estimate of drug-likeness (QED) is 0.825. The fraction of sp³-hybridized carbons (Fsp3) is 0.368. The summed E-state index contributed by atoms with van der Waals surface area (Å²) in [6.07, 6.45) is 0.706. The lowest BCUT2D eigenvalue weighted by molar-refractivity contribution is 0.0725. The van der Waals surface area contributed by atoms with Gasteiger partial charge in [0.15, 0.2) is 0 Å². The van der Waals surface area contributed by atoms with Crippen molar-refractivity contribution in [1.29, 1.82) is 0 Å². The minimum absolute atomic E-state index is 0.162. The molecule has 0 spiro atoms. The summed E-state index contributed by atoms with van der Waals surface area (Å²) in [6.45, 7) is 2.13. The van der Waals surface area contributed by atoms with E-state index in [9.17, 15) is 8.42 Å². The van der Waals surface area contributed by atoms with Gasteiger partial charge >= 0.3 is 0 Å². The van der Waals surface area contributed by atoms with Gasteiger partial charge in [-0.3, -0.25) is 0 Å². The maximum Gasteiger partial charge on any atom is 0.279 e. The molecule has 1 heterocycles. The van der Waals surface area contributed by atoms with Gasteiger partial charge in [-0.2, -0.15) is 12.7 Å². The van der Waals surface area contributed by atoms with Crippen molar-refractivity contribution in [2.45, 2.75) is 12.3 Å². The molecule has 3 rings (SSSR count). The van der Waals surface area contributed by atoms with Gasteiger partial charge in [-0.15, -0.1) is 0 Å². The van der Waals surface area contributed by atoms with Gasteiger partial charge in [0.1, 0.15) is 0 Å². The third kappa shape index (κ3) is 4.89. The Morgan fingerprint density at radius 2 is 1.44 bits per heavy atom. The van der Waals surface area contributed by atoms with E-state index in [-0.39, 0.29) is 5.92 Å². The zero-order valence-corrected chi connectivity index (χ0v) is 15.0. The molecule has 2 aromatic carbocycles. The van der Waals surface area contributed by atoms with Crippen LogP contribution in [0.5, 0.6) is 0 Å². The van der Waals surface area contributed by atoms with Gasteiger partial charge in [0.25, 0.3) is 10.2 Å². The molecule has 1 N–H and O–H groups in total. The molecule has 0 unspecified atom stereocenters. The summed E-state index contributed by atoms with van der Waals surface area (Å²) in [7, 11) is -3.44. The number of rotatable bonds is 7. The first-order valence-corrected chi connectivity index (χ1v) is 10.0. The summed E-state index contributed by atoms with van der Waals surface area (Å²) in [4.78, 5) is 0. The Kier molecular flexibility index (Phi) is 6.20. The van der Waals surface area contributed by atoms with Crippen molar-refractivity contribution in [3.63, 3.8) is 0 Å². The molecule has 1 fully saturated rings. The Balaban J connectivity index is 1.67. The Morgan fingerprint density at radius 1 is 0.920 bits per heavy atom. The van der Waals surface area contributed by atoms with Gasteiger partial charge in [0, 0.05) is 25.6 Å². The highest BCUT2D eigenvalue weighted by Gasteiger charge is 2.24. The summed E-state index contributed by atoms with van der Waals surface area (Å²) in [5, 5.41) is 0. The number of benzene rings is 2. The number of hydrogen-bond donors (Lipinski definition) is 1. The van der Waals surface area contributed by atoms with Crippen LogP contribution in [0.1, 0.15) is 23.5 Å². The number of nitrogens with one attached hydrogen (secondary N) is 1. The molecule has 0 aliphatic carbocycles. The summed E-state index contributed by atoms with van der Waals surface area (Å²) in [6, 6.07) is 20.4. The molecule has 0 radical (unpaired) electrons. The minimum atomic E-state index is -3.44. The van der Waals surface area contributed by atoms with E-state index in [4.69, 9.17) is 4.74 Å². The summed E-state index contributed by atoms with van der Waals surface area (Å²) >= 11 is 0. The predicted molar refractivity (Wildman–Crippen MR) is 98.7 cm³/mol. The standard InChI is InChI=1S/C19H24N2O3S/c22-25(23,21-13-15-24-16-14-21)20-12-11-19(17-7-3-1-4-8-17)18-9-5-2-6-10-18/h1-10,19-20H,11-16H2. The molecular formula is C19H24N2O3S. The van der Waals surface area contributed by atoms with Gasteiger partial charge in [0.05, 0.1) is 13.2 Å². The fourth-order valence-electron chi connectivity index (χ4n) is 3.11. The van der Waals surface area contributed by atoms with E-state index < -0.39 is 10.2 Å². The summed E-state index contributed by atoms with van der Waals surface area (Å²) in [5.41, 5.74) is 2.39. The molecule has 1 saturated heterocycles. The van der Waals surface area contributed by atoms with Crippen molar-refractivity contribution in [2.24, 2.45) is 0 Å². The predicted octanol–water partition coefficient (Wildman–Crippen LogP) is 2.38. The number of ether oxygens (including phenoxy) is 1. The second-order valence-corrected chi connectivity index (χ2v) is 7.83.